The third-order valence-electron chi connectivity index (χ3n) is 2.50. The van der Waals surface area contributed by atoms with Crippen LogP contribution in [0.15, 0.2) is 41.0 Å². The van der Waals surface area contributed by atoms with Crippen LogP contribution < -0.4 is 5.32 Å². The van der Waals surface area contributed by atoms with Crippen molar-refractivity contribution in [2.75, 3.05) is 5.32 Å². The maximum atomic E-state index is 12.7. The molecule has 1 N–H and O–H groups in total. The monoisotopic (exact) mass is 378 g/mol. The van der Waals surface area contributed by atoms with E-state index in [4.69, 9.17) is 11.6 Å². The number of alkyl halides is 3. The van der Waals surface area contributed by atoms with Gasteiger partial charge in [0.15, 0.2) is 0 Å². The molecular weight excluding hydrogens is 373 g/mol. The van der Waals surface area contributed by atoms with E-state index in [0.717, 1.165) is 12.1 Å². The second kappa shape index (κ2) is 6.03. The normalized spacial score (nSPS) is 11.3. The number of amides is 1. The van der Waals surface area contributed by atoms with Gasteiger partial charge in [-0.05, 0) is 46.3 Å². The van der Waals surface area contributed by atoms with E-state index in [0.29, 0.717) is 4.47 Å². The first-order chi connectivity index (χ1) is 9.79. The lowest BCUT2D eigenvalue weighted by Gasteiger charge is -2.12. The minimum absolute atomic E-state index is 0.0192. The van der Waals surface area contributed by atoms with Gasteiger partial charge in [-0.2, -0.15) is 13.2 Å². The second-order valence-electron chi connectivity index (χ2n) is 3.98. The first kappa shape index (κ1) is 15.8. The minimum atomic E-state index is -4.59. The Balaban J connectivity index is 2.29. The highest BCUT2D eigenvalue weighted by Crippen LogP contribution is 2.36. The molecule has 8 heteroatoms. The van der Waals surface area contributed by atoms with Gasteiger partial charge in [0.25, 0.3) is 5.91 Å². The Kier molecular flexibility index (Phi) is 4.53. The number of carbonyl (C=O) groups excluding carboxylic acids is 1. The average molecular weight is 380 g/mol. The minimum Gasteiger partial charge on any atom is -0.321 e. The highest BCUT2D eigenvalue weighted by molar-refractivity contribution is 9.10. The number of anilines is 1. The largest absolute Gasteiger partial charge is 0.417 e. The number of nitrogens with zero attached hydrogens (tertiary/aromatic N) is 1. The fourth-order valence-electron chi connectivity index (χ4n) is 1.56. The molecule has 1 aromatic heterocycles. The van der Waals surface area contributed by atoms with E-state index in [9.17, 15) is 18.0 Å². The lowest BCUT2D eigenvalue weighted by Crippen LogP contribution is -2.15. The summed E-state index contributed by atoms with van der Waals surface area (Å²) in [5.41, 5.74) is -0.961. The standard InChI is InChI=1S/C13H7BrClF3N2O/c14-9-2-1-5-19-11(9)12(21)20-7-3-4-10(15)8(6-7)13(16,17)18/h1-6H,(H,20,21). The molecule has 110 valence electrons. The lowest BCUT2D eigenvalue weighted by atomic mass is 10.2. The molecule has 21 heavy (non-hydrogen) atoms. The molecule has 3 nitrogen and oxygen atoms in total. The number of hydrogen-bond acceptors (Lipinski definition) is 2. The van der Waals surface area contributed by atoms with Crippen molar-refractivity contribution in [2.24, 2.45) is 0 Å². The van der Waals surface area contributed by atoms with Crippen LogP contribution in [0, 0.1) is 0 Å². The topological polar surface area (TPSA) is 42.0 Å². The summed E-state index contributed by atoms with van der Waals surface area (Å²) in [5.74, 6) is -0.627. The summed E-state index contributed by atoms with van der Waals surface area (Å²) in [6.45, 7) is 0. The third-order valence-corrected chi connectivity index (χ3v) is 3.47. The molecule has 2 rings (SSSR count). The van der Waals surface area contributed by atoms with Crippen molar-refractivity contribution in [1.82, 2.24) is 4.98 Å². The fourth-order valence-corrected chi connectivity index (χ4v) is 2.22. The molecule has 0 spiro atoms. The summed E-state index contributed by atoms with van der Waals surface area (Å²) in [4.78, 5) is 15.8. The smallest absolute Gasteiger partial charge is 0.321 e. The van der Waals surface area contributed by atoms with Crippen molar-refractivity contribution in [3.63, 3.8) is 0 Å². The van der Waals surface area contributed by atoms with E-state index in [1.54, 1.807) is 12.1 Å². The van der Waals surface area contributed by atoms with Crippen molar-refractivity contribution < 1.29 is 18.0 Å². The van der Waals surface area contributed by atoms with E-state index >= 15 is 0 Å². The SMILES string of the molecule is O=C(Nc1ccc(Cl)c(C(F)(F)F)c1)c1ncccc1Br. The van der Waals surface area contributed by atoms with Gasteiger partial charge in [-0.25, -0.2) is 4.98 Å². The Morgan fingerprint density at radius 1 is 1.29 bits per heavy atom. The highest BCUT2D eigenvalue weighted by atomic mass is 79.9. The number of nitrogens with one attached hydrogen (secondary N) is 1. The number of halogens is 5. The Bertz CT molecular complexity index is 691. The average Bonchev–Trinajstić information content (AvgIpc) is 2.40. The zero-order valence-electron chi connectivity index (χ0n) is 10.2. The van der Waals surface area contributed by atoms with Crippen LogP contribution in [0.3, 0.4) is 0 Å². The van der Waals surface area contributed by atoms with Crippen molar-refractivity contribution in [1.29, 1.82) is 0 Å². The number of carbonyl (C=O) groups is 1. The molecule has 0 saturated carbocycles. The molecule has 2 aromatic rings. The molecule has 0 fully saturated rings. The van der Waals surface area contributed by atoms with Gasteiger partial charge in [0.1, 0.15) is 5.69 Å². The molecule has 0 atom stereocenters. The predicted octanol–water partition coefficient (Wildman–Crippen LogP) is 4.77. The van der Waals surface area contributed by atoms with Gasteiger partial charge in [0.2, 0.25) is 0 Å². The Hall–Kier alpha value is -1.60. The number of aromatic nitrogens is 1. The van der Waals surface area contributed by atoms with Crippen LogP contribution in [0.1, 0.15) is 16.1 Å². The van der Waals surface area contributed by atoms with Crippen LogP contribution in [0.25, 0.3) is 0 Å². The maximum Gasteiger partial charge on any atom is 0.417 e. The van der Waals surface area contributed by atoms with Crippen molar-refractivity contribution in [3.8, 4) is 0 Å². The summed E-state index contributed by atoms with van der Waals surface area (Å²) in [7, 11) is 0. The Morgan fingerprint density at radius 3 is 2.62 bits per heavy atom. The van der Waals surface area contributed by atoms with Crippen molar-refractivity contribution in [3.05, 3.63) is 57.3 Å². The fraction of sp³-hybridized carbons (Fsp3) is 0.0769. The molecule has 0 saturated heterocycles. The summed E-state index contributed by atoms with van der Waals surface area (Å²) in [6.07, 6.45) is -3.19. The van der Waals surface area contributed by atoms with Crippen LogP contribution in [0.2, 0.25) is 5.02 Å². The molecule has 0 bridgehead atoms. The Morgan fingerprint density at radius 2 is 2.00 bits per heavy atom. The van der Waals surface area contributed by atoms with Crippen LogP contribution in [0.4, 0.5) is 18.9 Å². The lowest BCUT2D eigenvalue weighted by molar-refractivity contribution is -0.137. The van der Waals surface area contributed by atoms with Gasteiger partial charge in [-0.15, -0.1) is 0 Å². The molecule has 0 radical (unpaired) electrons. The molecule has 1 aromatic carbocycles. The van der Waals surface area contributed by atoms with Gasteiger partial charge in [0.05, 0.1) is 10.6 Å². The molecule has 0 aliphatic carbocycles. The summed E-state index contributed by atoms with van der Waals surface area (Å²) < 4.78 is 38.6. The first-order valence-corrected chi connectivity index (χ1v) is 6.75. The van der Waals surface area contributed by atoms with Crippen LogP contribution >= 0.6 is 27.5 Å². The number of benzene rings is 1. The maximum absolute atomic E-state index is 12.7. The zero-order valence-corrected chi connectivity index (χ0v) is 12.6. The van der Waals surface area contributed by atoms with E-state index in [1.165, 1.54) is 12.3 Å². The second-order valence-corrected chi connectivity index (χ2v) is 5.24. The van der Waals surface area contributed by atoms with Gasteiger partial charge in [-0.1, -0.05) is 11.6 Å². The molecule has 1 heterocycles. The van der Waals surface area contributed by atoms with Gasteiger partial charge < -0.3 is 5.32 Å². The van der Waals surface area contributed by atoms with Crippen LogP contribution in [-0.2, 0) is 6.18 Å². The summed E-state index contributed by atoms with van der Waals surface area (Å²) in [6, 6.07) is 6.35. The van der Waals surface area contributed by atoms with E-state index in [1.807, 2.05) is 0 Å². The van der Waals surface area contributed by atoms with Gasteiger partial charge in [-0.3, -0.25) is 4.79 Å². The Labute approximate surface area is 131 Å². The summed E-state index contributed by atoms with van der Waals surface area (Å²) in [5, 5.41) is 1.92. The van der Waals surface area contributed by atoms with Gasteiger partial charge in [0, 0.05) is 16.4 Å². The molecular formula is C13H7BrClF3N2O. The predicted molar refractivity (Wildman–Crippen MR) is 76.3 cm³/mol. The number of hydrogen-bond donors (Lipinski definition) is 1. The van der Waals surface area contributed by atoms with Crippen molar-refractivity contribution in [2.45, 2.75) is 6.18 Å². The highest BCUT2D eigenvalue weighted by Gasteiger charge is 2.33. The van der Waals surface area contributed by atoms with E-state index in [-0.39, 0.29) is 11.4 Å². The van der Waals surface area contributed by atoms with E-state index < -0.39 is 22.7 Å². The number of rotatable bonds is 2. The molecule has 0 aliphatic heterocycles. The molecule has 0 aliphatic rings. The van der Waals surface area contributed by atoms with E-state index in [2.05, 4.69) is 26.2 Å². The molecule has 0 unspecified atom stereocenters. The number of pyridine rings is 1. The first-order valence-electron chi connectivity index (χ1n) is 5.57. The van der Waals surface area contributed by atoms with Crippen LogP contribution in [-0.4, -0.2) is 10.9 Å². The van der Waals surface area contributed by atoms with Gasteiger partial charge >= 0.3 is 6.18 Å². The quantitative estimate of drug-likeness (QED) is 0.817. The summed E-state index contributed by atoms with van der Waals surface area (Å²) >= 11 is 8.65. The third kappa shape index (κ3) is 3.74. The zero-order chi connectivity index (χ0) is 15.6. The molecule has 1 amide bonds. The van der Waals surface area contributed by atoms with Crippen LogP contribution in [0.5, 0.6) is 0 Å². The van der Waals surface area contributed by atoms with Crippen molar-refractivity contribution >= 4 is 39.1 Å².